The molecule has 1 unspecified atom stereocenters. The van der Waals surface area contributed by atoms with Crippen molar-refractivity contribution in [3.05, 3.63) is 42.4 Å². The number of H-pyrrole nitrogens is 1. The average Bonchev–Trinajstić information content (AvgIpc) is 3.46. The lowest BCUT2D eigenvalue weighted by Crippen LogP contribution is -2.60. The summed E-state index contributed by atoms with van der Waals surface area (Å²) in [5, 5.41) is 3.65. The van der Waals surface area contributed by atoms with Crippen LogP contribution < -0.4 is 5.32 Å². The Bertz CT molecular complexity index is 834. The highest BCUT2D eigenvalue weighted by Crippen LogP contribution is 2.33. The van der Waals surface area contributed by atoms with E-state index in [2.05, 4.69) is 61.0 Å². The minimum Gasteiger partial charge on any atom is -0.379 e. The van der Waals surface area contributed by atoms with Crippen LogP contribution in [0.2, 0.25) is 0 Å². The SMILES string of the molecule is CN=C(NCC1(N2CCOCC2)CCSC1)N(C)Cc1ncc(-c2ccccc2)[nH]1.I. The van der Waals surface area contributed by atoms with Crippen molar-refractivity contribution in [1.82, 2.24) is 25.1 Å². The van der Waals surface area contributed by atoms with Gasteiger partial charge in [0.15, 0.2) is 5.96 Å². The number of rotatable bonds is 6. The molecular formula is C22H33IN6OS. The van der Waals surface area contributed by atoms with Crippen LogP contribution >= 0.6 is 35.7 Å². The molecule has 0 amide bonds. The zero-order valence-electron chi connectivity index (χ0n) is 18.3. The predicted octanol–water partition coefficient (Wildman–Crippen LogP) is 2.91. The number of aromatic nitrogens is 2. The molecule has 1 aromatic heterocycles. The van der Waals surface area contributed by atoms with Gasteiger partial charge in [0.25, 0.3) is 0 Å². The van der Waals surface area contributed by atoms with E-state index in [1.54, 1.807) is 0 Å². The van der Waals surface area contributed by atoms with Crippen LogP contribution in [-0.2, 0) is 11.3 Å². The van der Waals surface area contributed by atoms with Crippen molar-refractivity contribution in [2.24, 2.45) is 4.99 Å². The lowest BCUT2D eigenvalue weighted by atomic mass is 9.95. The third kappa shape index (κ3) is 5.94. The summed E-state index contributed by atoms with van der Waals surface area (Å²) in [5.74, 6) is 4.22. The second-order valence-electron chi connectivity index (χ2n) is 7.99. The zero-order chi connectivity index (χ0) is 20.8. The largest absolute Gasteiger partial charge is 0.379 e. The van der Waals surface area contributed by atoms with Crippen molar-refractivity contribution in [2.45, 2.75) is 18.5 Å². The van der Waals surface area contributed by atoms with Crippen LogP contribution in [0.15, 0.2) is 41.5 Å². The molecule has 2 aliphatic heterocycles. The maximum Gasteiger partial charge on any atom is 0.193 e. The van der Waals surface area contributed by atoms with Gasteiger partial charge in [0.2, 0.25) is 0 Å². The first-order valence-electron chi connectivity index (χ1n) is 10.6. The van der Waals surface area contributed by atoms with E-state index in [1.807, 2.05) is 31.4 Å². The number of nitrogens with zero attached hydrogens (tertiary/aromatic N) is 4. The summed E-state index contributed by atoms with van der Waals surface area (Å²) in [4.78, 5) is 17.3. The van der Waals surface area contributed by atoms with Gasteiger partial charge in [-0.05, 0) is 17.7 Å². The number of hydrogen-bond acceptors (Lipinski definition) is 5. The summed E-state index contributed by atoms with van der Waals surface area (Å²) in [7, 11) is 3.91. The summed E-state index contributed by atoms with van der Waals surface area (Å²) in [6, 6.07) is 10.3. The number of morpholine rings is 1. The molecule has 2 aromatic rings. The second-order valence-corrected chi connectivity index (χ2v) is 9.10. The molecule has 0 radical (unpaired) electrons. The van der Waals surface area contributed by atoms with E-state index in [9.17, 15) is 0 Å². The Morgan fingerprint density at radius 3 is 2.77 bits per heavy atom. The van der Waals surface area contributed by atoms with Gasteiger partial charge in [-0.15, -0.1) is 24.0 Å². The molecule has 0 aliphatic carbocycles. The summed E-state index contributed by atoms with van der Waals surface area (Å²) >= 11 is 2.05. The number of aliphatic imine (C=N–C) groups is 1. The van der Waals surface area contributed by atoms with Gasteiger partial charge in [-0.2, -0.15) is 11.8 Å². The van der Waals surface area contributed by atoms with E-state index in [-0.39, 0.29) is 29.5 Å². The first-order chi connectivity index (χ1) is 14.7. The minimum atomic E-state index is 0. The van der Waals surface area contributed by atoms with E-state index in [1.165, 1.54) is 17.9 Å². The summed E-state index contributed by atoms with van der Waals surface area (Å²) in [6.45, 7) is 5.29. The molecule has 0 spiro atoms. The molecule has 7 nitrogen and oxygen atoms in total. The molecule has 3 heterocycles. The number of nitrogens with one attached hydrogen (secondary N) is 2. The number of imidazole rings is 1. The van der Waals surface area contributed by atoms with Crippen LogP contribution in [0.4, 0.5) is 0 Å². The van der Waals surface area contributed by atoms with E-state index in [0.717, 1.165) is 55.9 Å². The fourth-order valence-electron chi connectivity index (χ4n) is 4.27. The second kappa shape index (κ2) is 11.5. The fraction of sp³-hybridized carbons (Fsp3) is 0.545. The van der Waals surface area contributed by atoms with E-state index < -0.39 is 0 Å². The van der Waals surface area contributed by atoms with Crippen LogP contribution in [-0.4, -0.2) is 89.7 Å². The van der Waals surface area contributed by atoms with Gasteiger partial charge in [0.1, 0.15) is 5.82 Å². The van der Waals surface area contributed by atoms with Crippen molar-refractivity contribution in [3.8, 4) is 11.3 Å². The van der Waals surface area contributed by atoms with Gasteiger partial charge < -0.3 is 19.9 Å². The van der Waals surface area contributed by atoms with Crippen LogP contribution in [0, 0.1) is 0 Å². The molecule has 1 aromatic carbocycles. The first kappa shape index (κ1) is 24.3. The van der Waals surface area contributed by atoms with Gasteiger partial charge in [0, 0.05) is 45.0 Å². The highest BCUT2D eigenvalue weighted by molar-refractivity contribution is 14.0. The van der Waals surface area contributed by atoms with E-state index in [4.69, 9.17) is 4.74 Å². The normalized spacial score (nSPS) is 22.2. The molecular weight excluding hydrogens is 523 g/mol. The highest BCUT2D eigenvalue weighted by atomic mass is 127. The Morgan fingerprint density at radius 1 is 1.32 bits per heavy atom. The van der Waals surface area contributed by atoms with Crippen LogP contribution in [0.1, 0.15) is 12.2 Å². The first-order valence-corrected chi connectivity index (χ1v) is 11.8. The number of aromatic amines is 1. The summed E-state index contributed by atoms with van der Waals surface area (Å²) < 4.78 is 5.58. The number of hydrogen-bond donors (Lipinski definition) is 2. The molecule has 2 aliphatic rings. The number of benzene rings is 1. The molecule has 0 bridgehead atoms. The Labute approximate surface area is 206 Å². The van der Waals surface area contributed by atoms with Crippen LogP contribution in [0.5, 0.6) is 0 Å². The van der Waals surface area contributed by atoms with Crippen molar-refractivity contribution < 1.29 is 4.74 Å². The third-order valence-electron chi connectivity index (χ3n) is 6.01. The van der Waals surface area contributed by atoms with Crippen LogP contribution in [0.25, 0.3) is 11.3 Å². The number of ether oxygens (including phenoxy) is 1. The summed E-state index contributed by atoms with van der Waals surface area (Å²) in [5.41, 5.74) is 2.37. The lowest BCUT2D eigenvalue weighted by molar-refractivity contribution is -0.0121. The van der Waals surface area contributed by atoms with Gasteiger partial charge in [0.05, 0.1) is 31.6 Å². The molecule has 2 fully saturated rings. The fourth-order valence-corrected chi connectivity index (χ4v) is 5.75. The standard InChI is InChI=1S/C22H32N6OS.HI/c1-23-21(25-16-22(8-13-30-17-22)28-9-11-29-12-10-28)27(2)15-20-24-14-19(26-20)18-6-4-3-5-7-18;/h3-7,14H,8-13,15-17H2,1-2H3,(H,23,25)(H,24,26);1H. The van der Waals surface area contributed by atoms with E-state index in [0.29, 0.717) is 6.54 Å². The minimum absolute atomic E-state index is 0. The Balaban J connectivity index is 0.00000272. The topological polar surface area (TPSA) is 68.8 Å². The predicted molar refractivity (Wildman–Crippen MR) is 139 cm³/mol. The molecule has 1 atom stereocenters. The number of halogens is 1. The van der Waals surface area contributed by atoms with E-state index >= 15 is 0 Å². The molecule has 4 rings (SSSR count). The van der Waals surface area contributed by atoms with Gasteiger partial charge in [-0.1, -0.05) is 30.3 Å². The third-order valence-corrected chi connectivity index (χ3v) is 7.25. The maximum atomic E-state index is 5.58. The van der Waals surface area contributed by atoms with Gasteiger partial charge >= 0.3 is 0 Å². The Hall–Kier alpha value is -1.30. The quantitative estimate of drug-likeness (QED) is 0.324. The summed E-state index contributed by atoms with van der Waals surface area (Å²) in [6.07, 6.45) is 3.11. The zero-order valence-corrected chi connectivity index (χ0v) is 21.5. The monoisotopic (exact) mass is 556 g/mol. The molecule has 170 valence electrons. The molecule has 9 heteroatoms. The Morgan fingerprint density at radius 2 is 2.10 bits per heavy atom. The van der Waals surface area contributed by atoms with Crippen molar-refractivity contribution in [3.63, 3.8) is 0 Å². The maximum absolute atomic E-state index is 5.58. The molecule has 0 saturated carbocycles. The Kier molecular flexibility index (Phi) is 9.06. The number of guanidine groups is 1. The highest BCUT2D eigenvalue weighted by Gasteiger charge is 2.40. The molecule has 2 N–H and O–H groups in total. The smallest absolute Gasteiger partial charge is 0.193 e. The van der Waals surface area contributed by atoms with Crippen LogP contribution in [0.3, 0.4) is 0 Å². The van der Waals surface area contributed by atoms with Crippen molar-refractivity contribution >= 4 is 41.7 Å². The molecule has 2 saturated heterocycles. The lowest BCUT2D eigenvalue weighted by Gasteiger charge is -2.43. The van der Waals surface area contributed by atoms with Gasteiger partial charge in [-0.3, -0.25) is 9.89 Å². The average molecular weight is 557 g/mol. The van der Waals surface area contributed by atoms with Crippen molar-refractivity contribution in [1.29, 1.82) is 0 Å². The van der Waals surface area contributed by atoms with Gasteiger partial charge in [-0.25, -0.2) is 4.98 Å². The number of thioether (sulfide) groups is 1. The molecule has 31 heavy (non-hydrogen) atoms. The van der Waals surface area contributed by atoms with Crippen molar-refractivity contribution in [2.75, 3.05) is 58.4 Å².